The maximum atomic E-state index is 12.2. The van der Waals surface area contributed by atoms with Crippen LogP contribution in [-0.4, -0.2) is 8.42 Å². The Kier molecular flexibility index (Phi) is 4.14. The van der Waals surface area contributed by atoms with E-state index in [1.807, 2.05) is 6.07 Å². The smallest absolute Gasteiger partial charge is 0.242 e. The van der Waals surface area contributed by atoms with Crippen molar-refractivity contribution in [3.63, 3.8) is 0 Å². The van der Waals surface area contributed by atoms with Crippen molar-refractivity contribution in [1.82, 2.24) is 4.72 Å². The number of benzene rings is 1. The number of sulfonamides is 1. The highest BCUT2D eigenvalue weighted by Crippen LogP contribution is 2.24. The van der Waals surface area contributed by atoms with Gasteiger partial charge in [0.25, 0.3) is 0 Å². The van der Waals surface area contributed by atoms with Gasteiger partial charge in [-0.15, -0.1) is 0 Å². The molecule has 0 radical (unpaired) electrons. The largest absolute Gasteiger partial charge is 0.468 e. The Morgan fingerprint density at radius 3 is 2.70 bits per heavy atom. The van der Waals surface area contributed by atoms with Crippen molar-refractivity contribution in [3.8, 4) is 6.07 Å². The third-order valence-corrected chi connectivity index (χ3v) is 4.68. The van der Waals surface area contributed by atoms with Gasteiger partial charge in [0, 0.05) is 0 Å². The molecule has 0 bridgehead atoms. The predicted octanol–water partition coefficient (Wildman–Crippen LogP) is 2.84. The van der Waals surface area contributed by atoms with Gasteiger partial charge in [-0.1, -0.05) is 11.6 Å². The predicted molar refractivity (Wildman–Crippen MR) is 73.6 cm³/mol. The Balaban J connectivity index is 2.29. The molecule has 1 aromatic carbocycles. The summed E-state index contributed by atoms with van der Waals surface area (Å²) in [5.41, 5.74) is 0.299. The summed E-state index contributed by atoms with van der Waals surface area (Å²) >= 11 is 5.91. The Morgan fingerprint density at radius 1 is 1.40 bits per heavy atom. The lowest BCUT2D eigenvalue weighted by Crippen LogP contribution is -2.26. The Hall–Kier alpha value is -1.81. The molecule has 1 heterocycles. The minimum Gasteiger partial charge on any atom is -0.468 e. The van der Waals surface area contributed by atoms with Gasteiger partial charge < -0.3 is 4.42 Å². The van der Waals surface area contributed by atoms with E-state index < -0.39 is 16.1 Å². The zero-order chi connectivity index (χ0) is 14.8. The van der Waals surface area contributed by atoms with E-state index in [4.69, 9.17) is 21.3 Å². The molecule has 5 nitrogen and oxygen atoms in total. The topological polar surface area (TPSA) is 83.1 Å². The molecule has 2 rings (SSSR count). The second kappa shape index (κ2) is 5.67. The van der Waals surface area contributed by atoms with Crippen LogP contribution in [0.2, 0.25) is 5.02 Å². The van der Waals surface area contributed by atoms with Crippen molar-refractivity contribution in [2.24, 2.45) is 0 Å². The maximum Gasteiger partial charge on any atom is 0.242 e. The van der Waals surface area contributed by atoms with Crippen LogP contribution in [0.1, 0.15) is 24.3 Å². The molecule has 2 aromatic rings. The van der Waals surface area contributed by atoms with Crippen LogP contribution in [0.5, 0.6) is 0 Å². The van der Waals surface area contributed by atoms with Crippen LogP contribution < -0.4 is 4.72 Å². The number of nitrogens with zero attached hydrogens (tertiary/aromatic N) is 1. The molecule has 1 aromatic heterocycles. The van der Waals surface area contributed by atoms with Crippen LogP contribution >= 0.6 is 11.6 Å². The van der Waals surface area contributed by atoms with Crippen LogP contribution in [0.15, 0.2) is 45.9 Å². The van der Waals surface area contributed by atoms with Crippen molar-refractivity contribution < 1.29 is 12.8 Å². The standard InChI is InChI=1S/C13H11ClN2O3S/c1-9(12-3-2-6-19-12)16-20(17,18)13-5-4-10(8-15)7-11(13)14/h2-7,9,16H,1H3. The number of hydrogen-bond acceptors (Lipinski definition) is 4. The monoisotopic (exact) mass is 310 g/mol. The van der Waals surface area contributed by atoms with E-state index in [9.17, 15) is 8.42 Å². The number of halogens is 1. The summed E-state index contributed by atoms with van der Waals surface area (Å²) in [6, 6.07) is 8.74. The maximum absolute atomic E-state index is 12.2. The van der Waals surface area contributed by atoms with Crippen molar-refractivity contribution in [2.45, 2.75) is 17.9 Å². The molecule has 20 heavy (non-hydrogen) atoms. The van der Waals surface area contributed by atoms with Gasteiger partial charge in [0.2, 0.25) is 10.0 Å². The first-order valence-corrected chi connectivity index (χ1v) is 7.55. The van der Waals surface area contributed by atoms with E-state index >= 15 is 0 Å². The summed E-state index contributed by atoms with van der Waals surface area (Å²) in [7, 11) is -3.79. The highest BCUT2D eigenvalue weighted by molar-refractivity contribution is 7.89. The fraction of sp³-hybridized carbons (Fsp3) is 0.154. The normalized spacial score (nSPS) is 12.8. The van der Waals surface area contributed by atoms with E-state index in [0.29, 0.717) is 11.3 Å². The third kappa shape index (κ3) is 3.02. The summed E-state index contributed by atoms with van der Waals surface area (Å²) in [5, 5.41) is 8.74. The number of nitriles is 1. The van der Waals surface area contributed by atoms with Crippen molar-refractivity contribution >= 4 is 21.6 Å². The van der Waals surface area contributed by atoms with Crippen LogP contribution in [0.25, 0.3) is 0 Å². The fourth-order valence-electron chi connectivity index (χ4n) is 1.68. The highest BCUT2D eigenvalue weighted by atomic mass is 35.5. The second-order valence-corrected chi connectivity index (χ2v) is 6.21. The zero-order valence-corrected chi connectivity index (χ0v) is 12.1. The van der Waals surface area contributed by atoms with Crippen LogP contribution in [0.3, 0.4) is 0 Å². The average Bonchev–Trinajstić information content (AvgIpc) is 2.91. The van der Waals surface area contributed by atoms with Gasteiger partial charge in [0.05, 0.1) is 29.0 Å². The fourth-order valence-corrected chi connectivity index (χ4v) is 3.44. The summed E-state index contributed by atoms with van der Waals surface area (Å²) in [4.78, 5) is -0.0726. The summed E-state index contributed by atoms with van der Waals surface area (Å²) in [6.45, 7) is 1.66. The van der Waals surface area contributed by atoms with Gasteiger partial charge in [-0.05, 0) is 37.3 Å². The number of hydrogen-bond donors (Lipinski definition) is 1. The SMILES string of the molecule is CC(NS(=O)(=O)c1ccc(C#N)cc1Cl)c1ccco1. The molecule has 0 aliphatic heterocycles. The Labute approximate surface area is 121 Å². The van der Waals surface area contributed by atoms with E-state index in [-0.39, 0.29) is 9.92 Å². The minimum absolute atomic E-state index is 0.00296. The number of nitrogens with one attached hydrogen (secondary N) is 1. The third-order valence-electron chi connectivity index (χ3n) is 2.65. The minimum atomic E-state index is -3.79. The van der Waals surface area contributed by atoms with Gasteiger partial charge in [-0.25, -0.2) is 13.1 Å². The molecule has 104 valence electrons. The second-order valence-electron chi connectivity index (χ2n) is 4.12. The molecule has 1 atom stereocenters. The first-order valence-electron chi connectivity index (χ1n) is 5.69. The van der Waals surface area contributed by atoms with E-state index in [1.165, 1.54) is 24.5 Å². The first-order chi connectivity index (χ1) is 9.44. The molecular weight excluding hydrogens is 300 g/mol. The molecule has 0 aliphatic carbocycles. The van der Waals surface area contributed by atoms with Gasteiger partial charge in [-0.3, -0.25) is 0 Å². The summed E-state index contributed by atoms with van der Waals surface area (Å²) in [6.07, 6.45) is 1.47. The Bertz CT molecular complexity index is 748. The molecule has 0 spiro atoms. The number of rotatable bonds is 4. The molecule has 1 unspecified atom stereocenters. The van der Waals surface area contributed by atoms with Gasteiger partial charge >= 0.3 is 0 Å². The quantitative estimate of drug-likeness (QED) is 0.941. The number of furan rings is 1. The summed E-state index contributed by atoms with van der Waals surface area (Å²) in [5.74, 6) is 0.498. The molecule has 1 N–H and O–H groups in total. The van der Waals surface area contributed by atoms with Crippen molar-refractivity contribution in [1.29, 1.82) is 5.26 Å². The van der Waals surface area contributed by atoms with Crippen molar-refractivity contribution in [2.75, 3.05) is 0 Å². The molecule has 0 fully saturated rings. The van der Waals surface area contributed by atoms with Gasteiger partial charge in [-0.2, -0.15) is 5.26 Å². The Morgan fingerprint density at radius 2 is 2.15 bits per heavy atom. The first kappa shape index (κ1) is 14.6. The molecule has 0 amide bonds. The molecule has 0 saturated heterocycles. The summed E-state index contributed by atoms with van der Waals surface area (Å²) < 4.78 is 32.1. The average molecular weight is 311 g/mol. The lowest BCUT2D eigenvalue weighted by atomic mass is 10.2. The molecule has 7 heteroatoms. The lowest BCUT2D eigenvalue weighted by Gasteiger charge is -2.13. The molecular formula is C13H11ClN2O3S. The van der Waals surface area contributed by atoms with E-state index in [2.05, 4.69) is 4.72 Å². The van der Waals surface area contributed by atoms with E-state index in [1.54, 1.807) is 19.1 Å². The van der Waals surface area contributed by atoms with Crippen LogP contribution in [-0.2, 0) is 10.0 Å². The van der Waals surface area contributed by atoms with Crippen LogP contribution in [0, 0.1) is 11.3 Å². The molecule has 0 aliphatic rings. The highest BCUT2D eigenvalue weighted by Gasteiger charge is 2.22. The van der Waals surface area contributed by atoms with Gasteiger partial charge in [0.1, 0.15) is 10.7 Å². The lowest BCUT2D eigenvalue weighted by molar-refractivity contribution is 0.459. The van der Waals surface area contributed by atoms with E-state index in [0.717, 1.165) is 0 Å². The van der Waals surface area contributed by atoms with Crippen molar-refractivity contribution in [3.05, 3.63) is 52.9 Å². The zero-order valence-electron chi connectivity index (χ0n) is 10.5. The van der Waals surface area contributed by atoms with Crippen LogP contribution in [0.4, 0.5) is 0 Å². The van der Waals surface area contributed by atoms with Gasteiger partial charge in [0.15, 0.2) is 0 Å². The molecule has 0 saturated carbocycles.